The Kier molecular flexibility index (Phi) is 10.8. The Balaban J connectivity index is 1.30. The van der Waals surface area contributed by atoms with Crippen LogP contribution in [-0.2, 0) is 0 Å². The Morgan fingerprint density at radius 2 is 1.57 bits per heavy atom. The van der Waals surface area contributed by atoms with Crippen molar-refractivity contribution < 1.29 is 27.8 Å². The van der Waals surface area contributed by atoms with Gasteiger partial charge in [0.25, 0.3) is 0 Å². The van der Waals surface area contributed by atoms with Gasteiger partial charge in [0.15, 0.2) is 11.6 Å². The number of carbonyl (C=O) groups is 1. The van der Waals surface area contributed by atoms with Gasteiger partial charge in [-0.2, -0.15) is 4.39 Å². The van der Waals surface area contributed by atoms with Gasteiger partial charge in [0, 0.05) is 18.0 Å². The first kappa shape index (κ1) is 29.4. The number of ether oxygens (including phenoxy) is 3. The highest BCUT2D eigenvalue weighted by molar-refractivity contribution is 5.91. The third kappa shape index (κ3) is 8.23. The van der Waals surface area contributed by atoms with Gasteiger partial charge in [-0.3, -0.25) is 0 Å². The molecule has 0 radical (unpaired) electrons. The summed E-state index contributed by atoms with van der Waals surface area (Å²) in [4.78, 5) is 21.1. The SMILES string of the molecule is CCCCCCCCOc1ncc(-c2ccc(OC(=O)c3ccc(OC(CCC)C4CC4)c(F)c3F)cc2)cn1. The van der Waals surface area contributed by atoms with Crippen LogP contribution in [0.3, 0.4) is 0 Å². The highest BCUT2D eigenvalue weighted by Crippen LogP contribution is 2.38. The van der Waals surface area contributed by atoms with Crippen LogP contribution in [0, 0.1) is 17.6 Å². The maximum atomic E-state index is 14.8. The third-order valence-corrected chi connectivity index (χ3v) is 7.02. The molecule has 1 aromatic heterocycles. The molecule has 1 saturated carbocycles. The lowest BCUT2D eigenvalue weighted by molar-refractivity contribution is 0.0728. The first-order valence-electron chi connectivity index (χ1n) is 14.4. The second-order valence-corrected chi connectivity index (χ2v) is 10.3. The fraction of sp³-hybridized carbons (Fsp3) is 0.469. The average Bonchev–Trinajstić information content (AvgIpc) is 3.81. The molecular formula is C32H38F2N2O4. The van der Waals surface area contributed by atoms with Crippen LogP contribution < -0.4 is 14.2 Å². The van der Waals surface area contributed by atoms with Crippen molar-refractivity contribution in [1.29, 1.82) is 0 Å². The minimum absolute atomic E-state index is 0.144. The number of benzene rings is 2. The molecule has 40 heavy (non-hydrogen) atoms. The lowest BCUT2D eigenvalue weighted by Crippen LogP contribution is -2.20. The molecule has 0 spiro atoms. The zero-order valence-corrected chi connectivity index (χ0v) is 23.3. The van der Waals surface area contributed by atoms with Crippen LogP contribution in [0.15, 0.2) is 48.8 Å². The van der Waals surface area contributed by atoms with Gasteiger partial charge in [0.2, 0.25) is 5.82 Å². The zero-order valence-electron chi connectivity index (χ0n) is 23.3. The van der Waals surface area contributed by atoms with Crippen LogP contribution in [0.2, 0.25) is 0 Å². The van der Waals surface area contributed by atoms with Gasteiger partial charge in [-0.15, -0.1) is 0 Å². The van der Waals surface area contributed by atoms with E-state index in [0.717, 1.165) is 49.7 Å². The molecule has 0 saturated heterocycles. The molecule has 6 nitrogen and oxygen atoms in total. The number of rotatable bonds is 16. The Morgan fingerprint density at radius 3 is 2.25 bits per heavy atom. The first-order valence-corrected chi connectivity index (χ1v) is 14.4. The normalized spacial score (nSPS) is 13.6. The molecule has 4 rings (SSSR count). The largest absolute Gasteiger partial charge is 0.487 e. The second kappa shape index (κ2) is 14.7. The number of halogens is 2. The third-order valence-electron chi connectivity index (χ3n) is 7.02. The number of carbonyl (C=O) groups excluding carboxylic acids is 1. The molecule has 0 aliphatic heterocycles. The molecule has 0 N–H and O–H groups in total. The molecule has 0 bridgehead atoms. The zero-order chi connectivity index (χ0) is 28.3. The fourth-order valence-electron chi connectivity index (χ4n) is 4.55. The van der Waals surface area contributed by atoms with E-state index in [4.69, 9.17) is 14.2 Å². The smallest absolute Gasteiger partial charge is 0.346 e. The number of hydrogen-bond donors (Lipinski definition) is 0. The topological polar surface area (TPSA) is 70.5 Å². The summed E-state index contributed by atoms with van der Waals surface area (Å²) in [5.41, 5.74) is 1.08. The molecule has 1 atom stereocenters. The van der Waals surface area contributed by atoms with Crippen molar-refractivity contribution >= 4 is 5.97 Å². The van der Waals surface area contributed by atoms with Crippen molar-refractivity contribution in [2.24, 2.45) is 5.92 Å². The quantitative estimate of drug-likeness (QED) is 0.101. The van der Waals surface area contributed by atoms with Crippen LogP contribution >= 0.6 is 0 Å². The monoisotopic (exact) mass is 552 g/mol. The van der Waals surface area contributed by atoms with E-state index in [1.54, 1.807) is 36.7 Å². The van der Waals surface area contributed by atoms with E-state index in [1.165, 1.54) is 37.8 Å². The van der Waals surface area contributed by atoms with Crippen LogP contribution in [-0.4, -0.2) is 28.6 Å². The van der Waals surface area contributed by atoms with E-state index in [9.17, 15) is 13.6 Å². The standard InChI is InChI=1S/C32H38F2N2O4/c1-3-5-6-7-8-9-19-38-32-35-20-24(21-36-32)22-13-15-25(16-14-22)39-31(37)26-17-18-28(30(34)29(26)33)40-27(10-4-2)23-11-12-23/h13-18,20-21,23,27H,3-12,19H2,1-2H3. The molecule has 1 fully saturated rings. The van der Waals surface area contributed by atoms with Crippen LogP contribution in [0.5, 0.6) is 17.5 Å². The first-order chi connectivity index (χ1) is 19.5. The fourth-order valence-corrected chi connectivity index (χ4v) is 4.55. The van der Waals surface area contributed by atoms with Crippen molar-refractivity contribution in [3.8, 4) is 28.6 Å². The van der Waals surface area contributed by atoms with Crippen molar-refractivity contribution in [3.05, 3.63) is 66.0 Å². The van der Waals surface area contributed by atoms with Crippen molar-refractivity contribution in [3.63, 3.8) is 0 Å². The Bertz CT molecular complexity index is 1230. The molecule has 1 aliphatic rings. The summed E-state index contributed by atoms with van der Waals surface area (Å²) in [6.07, 6.45) is 14.0. The average molecular weight is 553 g/mol. The summed E-state index contributed by atoms with van der Waals surface area (Å²) in [5.74, 6) is -3.04. The molecule has 0 amide bonds. The number of nitrogens with zero attached hydrogens (tertiary/aromatic N) is 2. The minimum atomic E-state index is -1.28. The molecule has 1 heterocycles. The number of unbranched alkanes of at least 4 members (excludes halogenated alkanes) is 5. The second-order valence-electron chi connectivity index (χ2n) is 10.3. The van der Waals surface area contributed by atoms with Crippen molar-refractivity contribution in [2.45, 2.75) is 84.2 Å². The predicted molar refractivity (Wildman–Crippen MR) is 150 cm³/mol. The Morgan fingerprint density at radius 1 is 0.875 bits per heavy atom. The van der Waals surface area contributed by atoms with Gasteiger partial charge in [-0.1, -0.05) is 64.5 Å². The summed E-state index contributed by atoms with van der Waals surface area (Å²) in [6.45, 7) is 4.82. The molecule has 3 aromatic rings. The van der Waals surface area contributed by atoms with Gasteiger partial charge in [0.05, 0.1) is 12.2 Å². The molecule has 1 aliphatic carbocycles. The number of esters is 1. The summed E-state index contributed by atoms with van der Waals surface area (Å²) in [7, 11) is 0. The van der Waals surface area contributed by atoms with E-state index in [2.05, 4.69) is 16.9 Å². The Hall–Kier alpha value is -3.55. The van der Waals surface area contributed by atoms with Crippen molar-refractivity contribution in [1.82, 2.24) is 9.97 Å². The van der Waals surface area contributed by atoms with Crippen LogP contribution in [0.4, 0.5) is 8.78 Å². The van der Waals surface area contributed by atoms with E-state index in [0.29, 0.717) is 18.5 Å². The van der Waals surface area contributed by atoms with E-state index in [1.807, 2.05) is 6.92 Å². The van der Waals surface area contributed by atoms with E-state index in [-0.39, 0.29) is 17.6 Å². The van der Waals surface area contributed by atoms with Crippen LogP contribution in [0.1, 0.15) is 88.4 Å². The molecule has 2 aromatic carbocycles. The predicted octanol–water partition coefficient (Wildman–Crippen LogP) is 8.34. The van der Waals surface area contributed by atoms with Crippen molar-refractivity contribution in [2.75, 3.05) is 6.61 Å². The summed E-state index contributed by atoms with van der Waals surface area (Å²) >= 11 is 0. The summed E-state index contributed by atoms with van der Waals surface area (Å²) < 4.78 is 46.2. The van der Waals surface area contributed by atoms with E-state index >= 15 is 0 Å². The van der Waals surface area contributed by atoms with Gasteiger partial charge < -0.3 is 14.2 Å². The lowest BCUT2D eigenvalue weighted by atomic mass is 10.1. The molecular weight excluding hydrogens is 514 g/mol. The van der Waals surface area contributed by atoms with E-state index < -0.39 is 23.2 Å². The maximum absolute atomic E-state index is 14.8. The number of hydrogen-bond acceptors (Lipinski definition) is 6. The molecule has 214 valence electrons. The maximum Gasteiger partial charge on any atom is 0.346 e. The Labute approximate surface area is 235 Å². The summed E-state index contributed by atoms with van der Waals surface area (Å²) in [5, 5.41) is 0. The molecule has 8 heteroatoms. The van der Waals surface area contributed by atoms with Gasteiger partial charge in [-0.25, -0.2) is 19.2 Å². The van der Waals surface area contributed by atoms with Crippen LogP contribution in [0.25, 0.3) is 11.1 Å². The highest BCUT2D eigenvalue weighted by Gasteiger charge is 2.33. The highest BCUT2D eigenvalue weighted by atomic mass is 19.2. The lowest BCUT2D eigenvalue weighted by Gasteiger charge is -2.19. The molecule has 1 unspecified atom stereocenters. The summed E-state index contributed by atoms with van der Waals surface area (Å²) in [6, 6.07) is 9.45. The van der Waals surface area contributed by atoms with Gasteiger partial charge in [-0.05, 0) is 61.4 Å². The van der Waals surface area contributed by atoms with Gasteiger partial charge >= 0.3 is 12.0 Å². The number of aromatic nitrogens is 2. The minimum Gasteiger partial charge on any atom is -0.487 e. The van der Waals surface area contributed by atoms with Gasteiger partial charge in [0.1, 0.15) is 11.9 Å².